The van der Waals surface area contributed by atoms with E-state index in [1.807, 2.05) is 13.8 Å². The first-order valence-electron chi connectivity index (χ1n) is 6.38. The largest absolute Gasteiger partial charge is 0.381 e. The molecule has 0 fully saturated rings. The molecule has 0 amide bonds. The number of ether oxygens (including phenoxy) is 1. The molecule has 0 rings (SSSR count). The average Bonchev–Trinajstić information content (AvgIpc) is 2.29. The summed E-state index contributed by atoms with van der Waals surface area (Å²) in [5.41, 5.74) is 0. The Morgan fingerprint density at radius 2 is 1.82 bits per heavy atom. The van der Waals surface area contributed by atoms with E-state index < -0.39 is 10.0 Å². The lowest BCUT2D eigenvalue weighted by atomic mass is 10.4. The summed E-state index contributed by atoms with van der Waals surface area (Å²) in [7, 11) is -3.10. The lowest BCUT2D eigenvalue weighted by Crippen LogP contribution is -2.29. The predicted octanol–water partition coefficient (Wildman–Crippen LogP) is 0.722. The monoisotopic (exact) mass is 266 g/mol. The molecule has 0 radical (unpaired) electrons. The van der Waals surface area contributed by atoms with Crippen molar-refractivity contribution < 1.29 is 13.2 Å². The fourth-order valence-corrected chi connectivity index (χ4v) is 2.41. The predicted molar refractivity (Wildman–Crippen MR) is 70.7 cm³/mol. The van der Waals surface area contributed by atoms with Gasteiger partial charge in [0.05, 0.1) is 5.75 Å². The first-order chi connectivity index (χ1) is 8.12. The average molecular weight is 266 g/mol. The van der Waals surface area contributed by atoms with Crippen LogP contribution in [0, 0.1) is 0 Å². The van der Waals surface area contributed by atoms with E-state index >= 15 is 0 Å². The number of sulfonamides is 1. The minimum absolute atomic E-state index is 0.190. The second-order valence-corrected chi connectivity index (χ2v) is 5.81. The minimum Gasteiger partial charge on any atom is -0.381 e. The summed E-state index contributed by atoms with van der Waals surface area (Å²) in [6.07, 6.45) is 2.37. The Bertz CT molecular complexity index is 255. The van der Waals surface area contributed by atoms with Gasteiger partial charge in [-0.2, -0.15) is 0 Å². The number of rotatable bonds is 12. The summed E-state index contributed by atoms with van der Waals surface area (Å²) < 4.78 is 30.8. The van der Waals surface area contributed by atoms with Crippen molar-refractivity contribution in [2.45, 2.75) is 33.1 Å². The maximum atomic E-state index is 11.5. The van der Waals surface area contributed by atoms with E-state index in [1.165, 1.54) is 0 Å². The highest BCUT2D eigenvalue weighted by Crippen LogP contribution is 1.90. The second kappa shape index (κ2) is 11.0. The normalized spacial score (nSPS) is 11.9. The highest BCUT2D eigenvalue weighted by atomic mass is 32.2. The standard InChI is InChI=1S/C11H26N2O3S/c1-3-9-16-10-5-8-13-17(14,15)11-6-7-12-4-2/h12-13H,3-11H2,1-2H3. The van der Waals surface area contributed by atoms with Gasteiger partial charge < -0.3 is 10.1 Å². The molecule has 2 N–H and O–H groups in total. The molecule has 17 heavy (non-hydrogen) atoms. The molecule has 0 atom stereocenters. The third-order valence-corrected chi connectivity index (χ3v) is 3.62. The van der Waals surface area contributed by atoms with Gasteiger partial charge in [-0.05, 0) is 32.4 Å². The van der Waals surface area contributed by atoms with Crippen molar-refractivity contribution in [2.24, 2.45) is 0 Å². The molecule has 0 aromatic heterocycles. The quantitative estimate of drug-likeness (QED) is 0.511. The summed E-state index contributed by atoms with van der Waals surface area (Å²) in [5, 5.41) is 3.10. The highest BCUT2D eigenvalue weighted by molar-refractivity contribution is 7.89. The van der Waals surface area contributed by atoms with Crippen LogP contribution in [0.1, 0.15) is 33.1 Å². The molecule has 0 aliphatic rings. The summed E-state index contributed by atoms with van der Waals surface area (Å²) in [4.78, 5) is 0. The fourth-order valence-electron chi connectivity index (χ4n) is 1.28. The smallest absolute Gasteiger partial charge is 0.211 e. The van der Waals surface area contributed by atoms with Crippen LogP contribution in [-0.2, 0) is 14.8 Å². The van der Waals surface area contributed by atoms with E-state index in [0.717, 1.165) is 32.5 Å². The topological polar surface area (TPSA) is 67.4 Å². The van der Waals surface area contributed by atoms with Gasteiger partial charge in [-0.15, -0.1) is 0 Å². The summed E-state index contributed by atoms with van der Waals surface area (Å²) in [6, 6.07) is 0. The zero-order chi connectivity index (χ0) is 13.0. The Kier molecular flexibility index (Phi) is 10.8. The van der Waals surface area contributed by atoms with Gasteiger partial charge in [-0.1, -0.05) is 13.8 Å². The Morgan fingerprint density at radius 1 is 1.06 bits per heavy atom. The molecular weight excluding hydrogens is 240 g/mol. The van der Waals surface area contributed by atoms with Crippen molar-refractivity contribution in [2.75, 3.05) is 38.6 Å². The van der Waals surface area contributed by atoms with E-state index in [0.29, 0.717) is 19.6 Å². The lowest BCUT2D eigenvalue weighted by molar-refractivity contribution is 0.133. The van der Waals surface area contributed by atoms with Crippen molar-refractivity contribution in [1.82, 2.24) is 10.0 Å². The van der Waals surface area contributed by atoms with Gasteiger partial charge in [0, 0.05) is 19.8 Å². The Morgan fingerprint density at radius 3 is 2.47 bits per heavy atom. The lowest BCUT2D eigenvalue weighted by Gasteiger charge is -2.07. The van der Waals surface area contributed by atoms with Crippen molar-refractivity contribution in [3.63, 3.8) is 0 Å². The summed E-state index contributed by atoms with van der Waals surface area (Å²) >= 11 is 0. The van der Waals surface area contributed by atoms with Gasteiger partial charge in [0.2, 0.25) is 10.0 Å². The Labute approximate surface area is 105 Å². The minimum atomic E-state index is -3.10. The van der Waals surface area contributed by atoms with Crippen LogP contribution in [0.5, 0.6) is 0 Å². The molecule has 0 heterocycles. The van der Waals surface area contributed by atoms with Gasteiger partial charge in [0.15, 0.2) is 0 Å². The third kappa shape index (κ3) is 12.1. The van der Waals surface area contributed by atoms with E-state index in [9.17, 15) is 8.42 Å². The van der Waals surface area contributed by atoms with Crippen molar-refractivity contribution in [3.05, 3.63) is 0 Å². The van der Waals surface area contributed by atoms with Crippen molar-refractivity contribution in [3.8, 4) is 0 Å². The van der Waals surface area contributed by atoms with Crippen LogP contribution in [0.3, 0.4) is 0 Å². The molecule has 6 heteroatoms. The summed E-state index contributed by atoms with van der Waals surface area (Å²) in [6.45, 7) is 7.51. The highest BCUT2D eigenvalue weighted by Gasteiger charge is 2.08. The van der Waals surface area contributed by atoms with Crippen LogP contribution < -0.4 is 10.0 Å². The molecule has 0 bridgehead atoms. The molecule has 0 aliphatic carbocycles. The van der Waals surface area contributed by atoms with Crippen LogP contribution in [0.15, 0.2) is 0 Å². The van der Waals surface area contributed by atoms with Gasteiger partial charge in [-0.25, -0.2) is 13.1 Å². The second-order valence-electron chi connectivity index (χ2n) is 3.89. The van der Waals surface area contributed by atoms with E-state index in [-0.39, 0.29) is 5.75 Å². The van der Waals surface area contributed by atoms with Crippen molar-refractivity contribution in [1.29, 1.82) is 0 Å². The molecule has 0 unspecified atom stereocenters. The van der Waals surface area contributed by atoms with Crippen molar-refractivity contribution >= 4 is 10.0 Å². The molecule has 0 saturated carbocycles. The van der Waals surface area contributed by atoms with Gasteiger partial charge in [0.1, 0.15) is 0 Å². The first kappa shape index (κ1) is 16.8. The Balaban J connectivity index is 3.44. The van der Waals surface area contributed by atoms with Gasteiger partial charge in [-0.3, -0.25) is 0 Å². The van der Waals surface area contributed by atoms with Crippen LogP contribution in [-0.4, -0.2) is 47.0 Å². The SMILES string of the molecule is CCCOCCCNS(=O)(=O)CCCNCC. The number of hydrogen-bond acceptors (Lipinski definition) is 4. The van der Waals surface area contributed by atoms with E-state index in [1.54, 1.807) is 0 Å². The van der Waals surface area contributed by atoms with E-state index in [4.69, 9.17) is 4.74 Å². The zero-order valence-electron chi connectivity index (χ0n) is 11.0. The third-order valence-electron chi connectivity index (χ3n) is 2.15. The summed E-state index contributed by atoms with van der Waals surface area (Å²) in [5.74, 6) is 0.190. The van der Waals surface area contributed by atoms with E-state index in [2.05, 4.69) is 10.0 Å². The first-order valence-corrected chi connectivity index (χ1v) is 8.03. The van der Waals surface area contributed by atoms with Crippen LogP contribution >= 0.6 is 0 Å². The molecule has 0 spiro atoms. The zero-order valence-corrected chi connectivity index (χ0v) is 11.8. The number of hydrogen-bond donors (Lipinski definition) is 2. The molecule has 104 valence electrons. The molecule has 5 nitrogen and oxygen atoms in total. The maximum absolute atomic E-state index is 11.5. The van der Waals surface area contributed by atoms with Gasteiger partial charge in [0.25, 0.3) is 0 Å². The fraction of sp³-hybridized carbons (Fsp3) is 1.00. The van der Waals surface area contributed by atoms with Gasteiger partial charge >= 0.3 is 0 Å². The molecule has 0 aliphatic heterocycles. The van der Waals surface area contributed by atoms with Crippen LogP contribution in [0.2, 0.25) is 0 Å². The molecule has 0 aromatic rings. The van der Waals surface area contributed by atoms with Crippen LogP contribution in [0.4, 0.5) is 0 Å². The molecular formula is C11H26N2O3S. The molecule has 0 saturated heterocycles. The maximum Gasteiger partial charge on any atom is 0.211 e. The molecule has 0 aromatic carbocycles. The number of nitrogens with one attached hydrogen (secondary N) is 2. The Hall–Kier alpha value is -0.170. The van der Waals surface area contributed by atoms with Crippen LogP contribution in [0.25, 0.3) is 0 Å².